The summed E-state index contributed by atoms with van der Waals surface area (Å²) in [7, 11) is 0. The zero-order valence-electron chi connectivity index (χ0n) is 13.1. The number of aryl methyl sites for hydroxylation is 1. The molecular weight excluding hydrogens is 346 g/mol. The van der Waals surface area contributed by atoms with Crippen molar-refractivity contribution < 1.29 is 31.1 Å². The molecule has 0 saturated heterocycles. The molecule has 25 heavy (non-hydrogen) atoms. The molecule has 0 heterocycles. The summed E-state index contributed by atoms with van der Waals surface area (Å²) >= 11 is 0. The molecule has 0 bridgehead atoms. The standard InChI is InChI=1S/C18H14F6O/c1-11-2-4-12(5-3-11)16(20)17(21)13-6-7-14(15(19)8-13)9-25-10-18(22,23)24/h2-8H,9-10H2,1H3/b17-16-. The first kappa shape index (κ1) is 19.1. The van der Waals surface area contributed by atoms with Gasteiger partial charge in [0.15, 0.2) is 11.7 Å². The summed E-state index contributed by atoms with van der Waals surface area (Å²) in [5.74, 6) is -3.39. The molecule has 0 N–H and O–H groups in total. The van der Waals surface area contributed by atoms with Gasteiger partial charge in [0.2, 0.25) is 0 Å². The van der Waals surface area contributed by atoms with Crippen LogP contribution in [-0.4, -0.2) is 12.8 Å². The van der Waals surface area contributed by atoms with Crippen LogP contribution in [0.25, 0.3) is 11.7 Å². The molecule has 0 spiro atoms. The van der Waals surface area contributed by atoms with Crippen LogP contribution >= 0.6 is 0 Å². The summed E-state index contributed by atoms with van der Waals surface area (Å²) in [6, 6.07) is 8.84. The predicted molar refractivity (Wildman–Crippen MR) is 82.3 cm³/mol. The Morgan fingerprint density at radius 3 is 2.04 bits per heavy atom. The van der Waals surface area contributed by atoms with Crippen LogP contribution in [0, 0.1) is 12.7 Å². The fourth-order valence-electron chi connectivity index (χ4n) is 2.03. The van der Waals surface area contributed by atoms with E-state index in [0.29, 0.717) is 0 Å². The number of hydrogen-bond acceptors (Lipinski definition) is 1. The zero-order chi connectivity index (χ0) is 18.6. The fraction of sp³-hybridized carbons (Fsp3) is 0.222. The molecule has 134 valence electrons. The Kier molecular flexibility index (Phi) is 5.89. The predicted octanol–water partition coefficient (Wildman–Crippen LogP) is 5.98. The Hall–Kier alpha value is -2.28. The highest BCUT2D eigenvalue weighted by Crippen LogP contribution is 2.30. The third-order valence-electron chi connectivity index (χ3n) is 3.33. The summed E-state index contributed by atoms with van der Waals surface area (Å²) in [5, 5.41) is 0. The molecule has 0 atom stereocenters. The second-order valence-electron chi connectivity index (χ2n) is 5.41. The van der Waals surface area contributed by atoms with Crippen molar-refractivity contribution in [1.82, 2.24) is 0 Å². The van der Waals surface area contributed by atoms with E-state index in [1.165, 1.54) is 12.1 Å². The number of alkyl halides is 3. The van der Waals surface area contributed by atoms with Crippen molar-refractivity contribution >= 4 is 11.7 Å². The molecule has 0 fully saturated rings. The molecule has 0 aliphatic carbocycles. The summed E-state index contributed by atoms with van der Waals surface area (Å²) in [4.78, 5) is 0. The minimum atomic E-state index is -4.53. The van der Waals surface area contributed by atoms with Crippen LogP contribution in [0.5, 0.6) is 0 Å². The summed E-state index contributed by atoms with van der Waals surface area (Å²) in [6.45, 7) is -0.362. The molecule has 0 radical (unpaired) electrons. The van der Waals surface area contributed by atoms with E-state index in [1.807, 2.05) is 0 Å². The maximum absolute atomic E-state index is 14.2. The SMILES string of the molecule is Cc1ccc(/C(F)=C(/F)c2ccc(COCC(F)(F)F)c(F)c2)cc1. The van der Waals surface area contributed by atoms with Gasteiger partial charge in [-0.15, -0.1) is 0 Å². The van der Waals surface area contributed by atoms with Crippen molar-refractivity contribution in [3.63, 3.8) is 0 Å². The maximum Gasteiger partial charge on any atom is 0.411 e. The molecule has 0 unspecified atom stereocenters. The number of benzene rings is 2. The van der Waals surface area contributed by atoms with E-state index < -0.39 is 36.9 Å². The van der Waals surface area contributed by atoms with Crippen LogP contribution in [0.3, 0.4) is 0 Å². The second kappa shape index (κ2) is 7.74. The Morgan fingerprint density at radius 1 is 0.920 bits per heavy atom. The molecule has 0 amide bonds. The largest absolute Gasteiger partial charge is 0.411 e. The van der Waals surface area contributed by atoms with E-state index in [0.717, 1.165) is 23.8 Å². The van der Waals surface area contributed by atoms with Gasteiger partial charge in [-0.2, -0.15) is 13.2 Å². The Bertz CT molecular complexity index is 762. The lowest BCUT2D eigenvalue weighted by atomic mass is 10.1. The molecule has 1 nitrogen and oxygen atoms in total. The smallest absolute Gasteiger partial charge is 0.367 e. The van der Waals surface area contributed by atoms with Crippen LogP contribution in [0.1, 0.15) is 22.3 Å². The summed E-state index contributed by atoms with van der Waals surface area (Å²) < 4.78 is 82.5. The quantitative estimate of drug-likeness (QED) is 0.471. The van der Waals surface area contributed by atoms with Gasteiger partial charge in [-0.25, -0.2) is 13.2 Å². The van der Waals surface area contributed by atoms with Crippen LogP contribution in [0.4, 0.5) is 26.3 Å². The molecule has 7 heteroatoms. The highest BCUT2D eigenvalue weighted by molar-refractivity contribution is 5.83. The average molecular weight is 360 g/mol. The maximum atomic E-state index is 14.2. The highest BCUT2D eigenvalue weighted by Gasteiger charge is 2.27. The lowest BCUT2D eigenvalue weighted by molar-refractivity contribution is -0.176. The van der Waals surface area contributed by atoms with Crippen molar-refractivity contribution in [2.45, 2.75) is 19.7 Å². The number of rotatable bonds is 5. The van der Waals surface area contributed by atoms with E-state index in [1.54, 1.807) is 19.1 Å². The fourth-order valence-corrected chi connectivity index (χ4v) is 2.03. The van der Waals surface area contributed by atoms with E-state index in [-0.39, 0.29) is 16.7 Å². The number of halogens is 6. The molecule has 0 aliphatic heterocycles. The zero-order valence-corrected chi connectivity index (χ0v) is 13.1. The first-order valence-corrected chi connectivity index (χ1v) is 7.23. The molecule has 2 aromatic carbocycles. The van der Waals surface area contributed by atoms with E-state index in [2.05, 4.69) is 4.74 Å². The molecule has 0 aromatic heterocycles. The van der Waals surface area contributed by atoms with Crippen molar-refractivity contribution in [3.05, 3.63) is 70.5 Å². The first-order chi connectivity index (χ1) is 11.7. The topological polar surface area (TPSA) is 9.23 Å². The van der Waals surface area contributed by atoms with Gasteiger partial charge in [-0.3, -0.25) is 0 Å². The minimum Gasteiger partial charge on any atom is -0.367 e. The number of ether oxygens (including phenoxy) is 1. The lowest BCUT2D eigenvalue weighted by Crippen LogP contribution is -2.17. The van der Waals surface area contributed by atoms with Crippen LogP contribution in [0.2, 0.25) is 0 Å². The van der Waals surface area contributed by atoms with Crippen LogP contribution in [-0.2, 0) is 11.3 Å². The van der Waals surface area contributed by atoms with E-state index in [4.69, 9.17) is 0 Å². The van der Waals surface area contributed by atoms with Crippen molar-refractivity contribution in [2.24, 2.45) is 0 Å². The lowest BCUT2D eigenvalue weighted by Gasteiger charge is -2.09. The average Bonchev–Trinajstić information content (AvgIpc) is 2.54. The molecule has 0 aliphatic rings. The van der Waals surface area contributed by atoms with Crippen molar-refractivity contribution in [3.8, 4) is 0 Å². The Labute approximate surface area is 140 Å². The molecule has 2 aromatic rings. The normalized spacial score (nSPS) is 12.9. The minimum absolute atomic E-state index is 0.00101. The Morgan fingerprint density at radius 2 is 1.48 bits per heavy atom. The third-order valence-corrected chi connectivity index (χ3v) is 3.33. The summed E-state index contributed by atoms with van der Waals surface area (Å²) in [5.41, 5.74) is 0.332. The highest BCUT2D eigenvalue weighted by atomic mass is 19.4. The monoisotopic (exact) mass is 360 g/mol. The van der Waals surface area contributed by atoms with Gasteiger partial charge in [0, 0.05) is 16.7 Å². The summed E-state index contributed by atoms with van der Waals surface area (Å²) in [6.07, 6.45) is -4.53. The molecule has 2 rings (SSSR count). The van der Waals surface area contributed by atoms with E-state index >= 15 is 0 Å². The third kappa shape index (κ3) is 5.35. The van der Waals surface area contributed by atoms with Crippen LogP contribution in [0.15, 0.2) is 42.5 Å². The Balaban J connectivity index is 2.18. The molecular formula is C18H14F6O. The second-order valence-corrected chi connectivity index (χ2v) is 5.41. The van der Waals surface area contributed by atoms with Gasteiger partial charge in [-0.05, 0) is 13.0 Å². The van der Waals surface area contributed by atoms with Gasteiger partial charge in [0.05, 0.1) is 6.61 Å². The van der Waals surface area contributed by atoms with Crippen molar-refractivity contribution in [1.29, 1.82) is 0 Å². The number of hydrogen-bond donors (Lipinski definition) is 0. The van der Waals surface area contributed by atoms with Gasteiger partial charge < -0.3 is 4.74 Å². The van der Waals surface area contributed by atoms with Crippen molar-refractivity contribution in [2.75, 3.05) is 6.61 Å². The first-order valence-electron chi connectivity index (χ1n) is 7.23. The van der Waals surface area contributed by atoms with Crippen LogP contribution < -0.4 is 0 Å². The van der Waals surface area contributed by atoms with Gasteiger partial charge in [0.25, 0.3) is 0 Å². The van der Waals surface area contributed by atoms with Gasteiger partial charge in [-0.1, -0.05) is 42.0 Å². The van der Waals surface area contributed by atoms with E-state index in [9.17, 15) is 26.3 Å². The van der Waals surface area contributed by atoms with Gasteiger partial charge in [0.1, 0.15) is 12.4 Å². The van der Waals surface area contributed by atoms with Gasteiger partial charge >= 0.3 is 6.18 Å². The molecule has 0 saturated carbocycles.